The number of carbonyl (C=O) groups is 1. The molecule has 2 amide bonds. The maximum Gasteiger partial charge on any atom is 0.416 e. The summed E-state index contributed by atoms with van der Waals surface area (Å²) < 4.78 is 55.6. The number of pyridine rings is 1. The summed E-state index contributed by atoms with van der Waals surface area (Å²) >= 11 is 6.03. The number of carbonyl (C=O) groups excluding carboxylic acids is 1. The molecule has 0 saturated carbocycles. The minimum atomic E-state index is -4.79. The molecule has 0 bridgehead atoms. The Balaban J connectivity index is 1.93. The van der Waals surface area contributed by atoms with E-state index in [9.17, 15) is 22.4 Å². The SMILES string of the molecule is O=C(N[C@@](Cc1ccccc1)(c1cc(F)cc(C(F)(F)F)c1)c1ccc(Cl)cn1)N1CC=CCC1. The van der Waals surface area contributed by atoms with Gasteiger partial charge in [-0.2, -0.15) is 13.2 Å². The van der Waals surface area contributed by atoms with E-state index in [1.807, 2.05) is 12.2 Å². The molecule has 2 heterocycles. The molecule has 4 rings (SSSR count). The number of nitrogens with zero attached hydrogens (tertiary/aromatic N) is 2. The highest BCUT2D eigenvalue weighted by Crippen LogP contribution is 2.38. The minimum absolute atomic E-state index is 0.0264. The third-order valence-electron chi connectivity index (χ3n) is 5.86. The van der Waals surface area contributed by atoms with Crippen LogP contribution in [0.1, 0.15) is 28.8 Å². The van der Waals surface area contributed by atoms with Crippen LogP contribution in [0.4, 0.5) is 22.4 Å². The molecule has 0 saturated heterocycles. The van der Waals surface area contributed by atoms with Gasteiger partial charge in [-0.05, 0) is 47.9 Å². The Bertz CT molecular complexity index is 1220. The van der Waals surface area contributed by atoms with Crippen molar-refractivity contribution < 1.29 is 22.4 Å². The summed E-state index contributed by atoms with van der Waals surface area (Å²) in [6, 6.07) is 13.8. The summed E-state index contributed by atoms with van der Waals surface area (Å²) in [5.41, 5.74) is -1.92. The maximum atomic E-state index is 14.6. The predicted octanol–water partition coefficient (Wildman–Crippen LogP) is 6.35. The van der Waals surface area contributed by atoms with Crippen molar-refractivity contribution in [1.29, 1.82) is 0 Å². The van der Waals surface area contributed by atoms with Gasteiger partial charge in [0.15, 0.2) is 0 Å². The first-order valence-corrected chi connectivity index (χ1v) is 11.3. The first-order valence-electron chi connectivity index (χ1n) is 10.9. The van der Waals surface area contributed by atoms with E-state index in [0.717, 1.165) is 12.1 Å². The Morgan fingerprint density at radius 3 is 2.40 bits per heavy atom. The molecular weight excluding hydrogens is 482 g/mol. The zero-order valence-corrected chi connectivity index (χ0v) is 19.3. The van der Waals surface area contributed by atoms with E-state index in [1.165, 1.54) is 18.3 Å². The van der Waals surface area contributed by atoms with Crippen LogP contribution in [0.15, 0.2) is 79.0 Å². The van der Waals surface area contributed by atoms with Crippen LogP contribution in [0.2, 0.25) is 5.02 Å². The van der Waals surface area contributed by atoms with Crippen LogP contribution in [0, 0.1) is 5.82 Å². The van der Waals surface area contributed by atoms with Gasteiger partial charge in [-0.1, -0.05) is 54.1 Å². The molecule has 0 radical (unpaired) electrons. The Hall–Kier alpha value is -3.39. The van der Waals surface area contributed by atoms with Gasteiger partial charge in [-0.25, -0.2) is 9.18 Å². The van der Waals surface area contributed by atoms with Crippen molar-refractivity contribution in [2.24, 2.45) is 0 Å². The Morgan fingerprint density at radius 1 is 1.03 bits per heavy atom. The van der Waals surface area contributed by atoms with Gasteiger partial charge < -0.3 is 10.2 Å². The second-order valence-electron chi connectivity index (χ2n) is 8.29. The van der Waals surface area contributed by atoms with Crippen molar-refractivity contribution in [2.75, 3.05) is 13.1 Å². The molecule has 9 heteroatoms. The predicted molar refractivity (Wildman–Crippen MR) is 125 cm³/mol. The Labute approximate surface area is 205 Å². The van der Waals surface area contributed by atoms with Gasteiger partial charge in [0.1, 0.15) is 11.4 Å². The average Bonchev–Trinajstić information content (AvgIpc) is 2.84. The zero-order chi connectivity index (χ0) is 25.1. The van der Waals surface area contributed by atoms with Crippen molar-refractivity contribution in [3.63, 3.8) is 0 Å². The first-order chi connectivity index (χ1) is 16.7. The summed E-state index contributed by atoms with van der Waals surface area (Å²) in [4.78, 5) is 19.3. The fraction of sp³-hybridized carbons (Fsp3) is 0.231. The number of halogens is 5. The normalized spacial score (nSPS) is 15.5. The second-order valence-corrected chi connectivity index (χ2v) is 8.73. The number of urea groups is 1. The lowest BCUT2D eigenvalue weighted by Crippen LogP contribution is -2.54. The van der Waals surface area contributed by atoms with Crippen molar-refractivity contribution >= 4 is 17.6 Å². The monoisotopic (exact) mass is 503 g/mol. The molecule has 1 N–H and O–H groups in total. The van der Waals surface area contributed by atoms with Gasteiger partial charge in [0.25, 0.3) is 0 Å². The molecule has 182 valence electrons. The number of amides is 2. The van der Waals surface area contributed by atoms with Gasteiger partial charge >= 0.3 is 12.2 Å². The van der Waals surface area contributed by atoms with Crippen LogP contribution >= 0.6 is 11.6 Å². The molecular formula is C26H22ClF4N3O. The van der Waals surface area contributed by atoms with Crippen LogP contribution in [0.25, 0.3) is 0 Å². The number of nitrogens with one attached hydrogen (secondary N) is 1. The van der Waals surface area contributed by atoms with Crippen LogP contribution in [-0.4, -0.2) is 29.0 Å². The van der Waals surface area contributed by atoms with Crippen LogP contribution in [0.5, 0.6) is 0 Å². The van der Waals surface area contributed by atoms with E-state index in [1.54, 1.807) is 35.2 Å². The number of aromatic nitrogens is 1. The highest BCUT2D eigenvalue weighted by atomic mass is 35.5. The van der Waals surface area contributed by atoms with Gasteiger partial charge in [0.05, 0.1) is 16.3 Å². The lowest BCUT2D eigenvalue weighted by atomic mass is 9.79. The van der Waals surface area contributed by atoms with Crippen molar-refractivity contribution in [3.05, 3.63) is 112 Å². The van der Waals surface area contributed by atoms with E-state index in [-0.39, 0.29) is 17.7 Å². The van der Waals surface area contributed by atoms with Crippen LogP contribution in [-0.2, 0) is 18.1 Å². The number of hydrogen-bond acceptors (Lipinski definition) is 2. The molecule has 0 unspecified atom stereocenters. The fourth-order valence-electron chi connectivity index (χ4n) is 4.14. The van der Waals surface area contributed by atoms with Crippen molar-refractivity contribution in [1.82, 2.24) is 15.2 Å². The van der Waals surface area contributed by atoms with E-state index < -0.39 is 29.1 Å². The van der Waals surface area contributed by atoms with Gasteiger partial charge in [-0.15, -0.1) is 0 Å². The summed E-state index contributed by atoms with van der Waals surface area (Å²) in [6.07, 6.45) is 1.02. The number of hydrogen-bond donors (Lipinski definition) is 1. The van der Waals surface area contributed by atoms with Crippen LogP contribution in [0.3, 0.4) is 0 Å². The second kappa shape index (κ2) is 10.1. The molecule has 3 aromatic rings. The summed E-state index contributed by atoms with van der Waals surface area (Å²) in [7, 11) is 0. The third-order valence-corrected chi connectivity index (χ3v) is 6.08. The highest BCUT2D eigenvalue weighted by molar-refractivity contribution is 6.30. The highest BCUT2D eigenvalue weighted by Gasteiger charge is 2.41. The van der Waals surface area contributed by atoms with E-state index in [4.69, 9.17) is 11.6 Å². The molecule has 1 atom stereocenters. The smallest absolute Gasteiger partial charge is 0.322 e. The molecule has 0 fully saturated rings. The topological polar surface area (TPSA) is 45.2 Å². The molecule has 2 aromatic carbocycles. The fourth-order valence-corrected chi connectivity index (χ4v) is 4.25. The molecule has 0 spiro atoms. The zero-order valence-electron chi connectivity index (χ0n) is 18.5. The first kappa shape index (κ1) is 24.7. The maximum absolute atomic E-state index is 14.6. The molecule has 1 aliphatic rings. The quantitative estimate of drug-likeness (QED) is 0.326. The number of alkyl halides is 3. The molecule has 1 aliphatic heterocycles. The number of rotatable bonds is 5. The summed E-state index contributed by atoms with van der Waals surface area (Å²) in [6.45, 7) is 0.785. The lowest BCUT2D eigenvalue weighted by molar-refractivity contribution is -0.137. The largest absolute Gasteiger partial charge is 0.416 e. The van der Waals surface area contributed by atoms with Gasteiger partial charge in [0, 0.05) is 25.7 Å². The Kier molecular flexibility index (Phi) is 7.12. The average molecular weight is 504 g/mol. The Morgan fingerprint density at radius 2 is 1.77 bits per heavy atom. The van der Waals surface area contributed by atoms with Crippen molar-refractivity contribution in [2.45, 2.75) is 24.6 Å². The van der Waals surface area contributed by atoms with Crippen LogP contribution < -0.4 is 5.32 Å². The van der Waals surface area contributed by atoms with E-state index in [2.05, 4.69) is 10.3 Å². The third kappa shape index (κ3) is 5.65. The summed E-state index contributed by atoms with van der Waals surface area (Å²) in [5.74, 6) is -1.07. The lowest BCUT2D eigenvalue weighted by Gasteiger charge is -2.38. The molecule has 1 aromatic heterocycles. The van der Waals surface area contributed by atoms with Gasteiger partial charge in [-0.3, -0.25) is 4.98 Å². The van der Waals surface area contributed by atoms with Crippen molar-refractivity contribution in [3.8, 4) is 0 Å². The number of benzene rings is 2. The van der Waals surface area contributed by atoms with E-state index >= 15 is 0 Å². The summed E-state index contributed by atoms with van der Waals surface area (Å²) in [5, 5.41) is 3.23. The van der Waals surface area contributed by atoms with Gasteiger partial charge in [0.2, 0.25) is 0 Å². The minimum Gasteiger partial charge on any atom is -0.322 e. The standard InChI is InChI=1S/C26H22ClF4N3O/c27-21-9-10-23(32-17-21)25(16-18-7-3-1-4-8-18,33-24(35)34-11-5-2-6-12-34)19-13-20(26(29,30)31)15-22(28)14-19/h1-5,7-10,13-15,17H,6,11-12,16H2,(H,33,35)/t25-/m0/s1. The molecule has 0 aliphatic carbocycles. The molecule has 4 nitrogen and oxygen atoms in total. The van der Waals surface area contributed by atoms with E-state index in [0.29, 0.717) is 36.2 Å². The molecule has 35 heavy (non-hydrogen) atoms.